The molecule has 1 atom stereocenters. The van der Waals surface area contributed by atoms with Crippen LogP contribution in [0.3, 0.4) is 0 Å². The predicted molar refractivity (Wildman–Crippen MR) is 97.4 cm³/mol. The summed E-state index contributed by atoms with van der Waals surface area (Å²) in [6.45, 7) is 6.04. The zero-order valence-corrected chi connectivity index (χ0v) is 15.8. The highest BCUT2D eigenvalue weighted by molar-refractivity contribution is 5.78. The smallest absolute Gasteiger partial charge is 0.227 e. The van der Waals surface area contributed by atoms with Crippen LogP contribution in [0.15, 0.2) is 22.9 Å². The van der Waals surface area contributed by atoms with Gasteiger partial charge >= 0.3 is 0 Å². The van der Waals surface area contributed by atoms with Gasteiger partial charge in [0.15, 0.2) is 5.82 Å². The molecule has 1 aliphatic rings. The van der Waals surface area contributed by atoms with E-state index < -0.39 is 0 Å². The van der Waals surface area contributed by atoms with E-state index in [0.29, 0.717) is 30.7 Å². The van der Waals surface area contributed by atoms with Crippen LogP contribution in [0.5, 0.6) is 0 Å². The highest BCUT2D eigenvalue weighted by atomic mass is 16.5. The molecule has 0 spiro atoms. The van der Waals surface area contributed by atoms with E-state index in [1.54, 1.807) is 13.1 Å². The molecule has 26 heavy (non-hydrogen) atoms. The van der Waals surface area contributed by atoms with Crippen LogP contribution in [0.25, 0.3) is 0 Å². The number of nitrogens with zero attached hydrogens (tertiary/aromatic N) is 5. The third kappa shape index (κ3) is 4.88. The van der Waals surface area contributed by atoms with Crippen LogP contribution in [-0.2, 0) is 17.8 Å². The summed E-state index contributed by atoms with van der Waals surface area (Å²) in [4.78, 5) is 25.4. The van der Waals surface area contributed by atoms with Crippen LogP contribution in [0.4, 0.5) is 0 Å². The Morgan fingerprint density at radius 2 is 2.15 bits per heavy atom. The fourth-order valence-corrected chi connectivity index (χ4v) is 3.42. The van der Waals surface area contributed by atoms with Crippen LogP contribution in [0.2, 0.25) is 0 Å². The average Bonchev–Trinajstić information content (AvgIpc) is 2.87. The van der Waals surface area contributed by atoms with Gasteiger partial charge in [0.2, 0.25) is 11.8 Å². The number of aromatic nitrogens is 3. The van der Waals surface area contributed by atoms with Crippen molar-refractivity contribution in [1.82, 2.24) is 24.9 Å². The number of carbonyl (C=O) groups excluding carboxylic acids is 1. The van der Waals surface area contributed by atoms with Gasteiger partial charge in [-0.25, -0.2) is 0 Å². The number of hydrogen-bond acceptors (Lipinski definition) is 6. The summed E-state index contributed by atoms with van der Waals surface area (Å²) in [6, 6.07) is 4.37. The Morgan fingerprint density at radius 3 is 2.85 bits per heavy atom. The van der Waals surface area contributed by atoms with Gasteiger partial charge in [0.1, 0.15) is 0 Å². The summed E-state index contributed by atoms with van der Waals surface area (Å²) in [6.07, 6.45) is 5.27. The van der Waals surface area contributed by atoms with Crippen molar-refractivity contribution in [3.63, 3.8) is 0 Å². The third-order valence-corrected chi connectivity index (χ3v) is 4.96. The van der Waals surface area contributed by atoms with Crippen molar-refractivity contribution in [1.29, 1.82) is 0 Å². The van der Waals surface area contributed by atoms with E-state index in [0.717, 1.165) is 43.6 Å². The number of pyridine rings is 1. The normalized spacial score (nSPS) is 18.2. The number of rotatable bonds is 5. The molecule has 1 aliphatic heterocycles. The van der Waals surface area contributed by atoms with Crippen molar-refractivity contribution in [3.8, 4) is 0 Å². The molecule has 2 aromatic rings. The maximum absolute atomic E-state index is 12.6. The molecule has 7 nitrogen and oxygen atoms in total. The molecule has 0 aliphatic carbocycles. The first-order valence-corrected chi connectivity index (χ1v) is 9.20. The lowest BCUT2D eigenvalue weighted by Crippen LogP contribution is -2.35. The number of carbonyl (C=O) groups is 1. The van der Waals surface area contributed by atoms with Crippen molar-refractivity contribution in [2.45, 2.75) is 52.1 Å². The van der Waals surface area contributed by atoms with Gasteiger partial charge in [-0.15, -0.1) is 0 Å². The first-order valence-electron chi connectivity index (χ1n) is 9.20. The summed E-state index contributed by atoms with van der Waals surface area (Å²) < 4.78 is 5.04. The minimum Gasteiger partial charge on any atom is -0.342 e. The number of amides is 1. The molecule has 0 saturated carbocycles. The molecule has 7 heteroatoms. The van der Waals surface area contributed by atoms with Crippen LogP contribution >= 0.6 is 0 Å². The van der Waals surface area contributed by atoms with Crippen LogP contribution < -0.4 is 0 Å². The molecule has 1 saturated heterocycles. The topological polar surface area (TPSA) is 75.4 Å². The monoisotopic (exact) mass is 357 g/mol. The van der Waals surface area contributed by atoms with Crippen LogP contribution in [0.1, 0.15) is 42.2 Å². The van der Waals surface area contributed by atoms with Gasteiger partial charge in [-0.3, -0.25) is 14.7 Å². The molecule has 0 radical (unpaired) electrons. The molecule has 140 valence electrons. The molecule has 0 aromatic carbocycles. The number of hydrogen-bond donors (Lipinski definition) is 0. The zero-order valence-electron chi connectivity index (χ0n) is 15.8. The standard InChI is InChI=1S/C19H27N5O2/c1-14-6-7-16(12-20-14)11-19(25)24-9-4-5-17(8-10-24)23(3)13-18-21-15(2)26-22-18/h6-7,12,17H,4-5,8-11,13H2,1-3H3/t17-/m1/s1. The molecular formula is C19H27N5O2. The average molecular weight is 357 g/mol. The van der Waals surface area contributed by atoms with E-state index >= 15 is 0 Å². The van der Waals surface area contributed by atoms with Gasteiger partial charge in [-0.2, -0.15) is 4.98 Å². The Bertz CT molecular complexity index is 728. The summed E-state index contributed by atoms with van der Waals surface area (Å²) in [7, 11) is 2.09. The minimum absolute atomic E-state index is 0.188. The van der Waals surface area contributed by atoms with E-state index in [9.17, 15) is 4.79 Å². The van der Waals surface area contributed by atoms with Crippen molar-refractivity contribution >= 4 is 5.91 Å². The Morgan fingerprint density at radius 1 is 1.31 bits per heavy atom. The van der Waals surface area contributed by atoms with Crippen LogP contribution in [0, 0.1) is 13.8 Å². The molecule has 0 N–H and O–H groups in total. The highest BCUT2D eigenvalue weighted by Crippen LogP contribution is 2.18. The molecule has 0 bridgehead atoms. The molecule has 2 aromatic heterocycles. The second kappa shape index (κ2) is 8.40. The maximum Gasteiger partial charge on any atom is 0.227 e. The Kier molecular flexibility index (Phi) is 5.98. The van der Waals surface area contributed by atoms with Gasteiger partial charge < -0.3 is 9.42 Å². The van der Waals surface area contributed by atoms with Crippen molar-refractivity contribution in [2.24, 2.45) is 0 Å². The second-order valence-corrected chi connectivity index (χ2v) is 7.09. The SMILES string of the molecule is Cc1ccc(CC(=O)N2CCC[C@@H](N(C)Cc3noc(C)n3)CC2)cn1. The van der Waals surface area contributed by atoms with Gasteiger partial charge in [-0.1, -0.05) is 11.2 Å². The highest BCUT2D eigenvalue weighted by Gasteiger charge is 2.24. The van der Waals surface area contributed by atoms with E-state index in [1.807, 2.05) is 24.0 Å². The Hall–Kier alpha value is -2.28. The molecule has 0 unspecified atom stereocenters. The largest absolute Gasteiger partial charge is 0.342 e. The Balaban J connectivity index is 1.52. The predicted octanol–water partition coefficient (Wildman–Crippen LogP) is 2.14. The summed E-state index contributed by atoms with van der Waals surface area (Å²) in [5, 5.41) is 3.97. The first kappa shape index (κ1) is 18.5. The Labute approximate surface area is 154 Å². The lowest BCUT2D eigenvalue weighted by molar-refractivity contribution is -0.130. The molecular weight excluding hydrogens is 330 g/mol. The second-order valence-electron chi connectivity index (χ2n) is 7.09. The van der Waals surface area contributed by atoms with Crippen molar-refractivity contribution < 1.29 is 9.32 Å². The maximum atomic E-state index is 12.6. The third-order valence-electron chi connectivity index (χ3n) is 4.96. The fourth-order valence-electron chi connectivity index (χ4n) is 3.42. The van der Waals surface area contributed by atoms with E-state index in [1.165, 1.54) is 0 Å². The lowest BCUT2D eigenvalue weighted by Gasteiger charge is -2.26. The molecule has 3 rings (SSSR count). The minimum atomic E-state index is 0.188. The summed E-state index contributed by atoms with van der Waals surface area (Å²) in [5.41, 5.74) is 1.95. The van der Waals surface area contributed by atoms with Gasteiger partial charge in [0.25, 0.3) is 0 Å². The van der Waals surface area contributed by atoms with E-state index in [-0.39, 0.29) is 5.91 Å². The van der Waals surface area contributed by atoms with Crippen molar-refractivity contribution in [3.05, 3.63) is 41.3 Å². The molecule has 1 fully saturated rings. The van der Waals surface area contributed by atoms with Gasteiger partial charge in [0.05, 0.1) is 13.0 Å². The number of likely N-dealkylation sites (tertiary alicyclic amines) is 1. The lowest BCUT2D eigenvalue weighted by atomic mass is 10.1. The zero-order chi connectivity index (χ0) is 18.5. The quantitative estimate of drug-likeness (QED) is 0.816. The fraction of sp³-hybridized carbons (Fsp3) is 0.579. The van der Waals surface area contributed by atoms with E-state index in [2.05, 4.69) is 27.1 Å². The van der Waals surface area contributed by atoms with E-state index in [4.69, 9.17) is 4.52 Å². The first-order chi connectivity index (χ1) is 12.5. The van der Waals surface area contributed by atoms with Gasteiger partial charge in [0, 0.05) is 37.9 Å². The van der Waals surface area contributed by atoms with Gasteiger partial charge in [-0.05, 0) is 44.9 Å². The summed E-state index contributed by atoms with van der Waals surface area (Å²) in [5.74, 6) is 1.50. The number of aryl methyl sites for hydroxylation is 2. The molecule has 3 heterocycles. The molecule has 1 amide bonds. The summed E-state index contributed by atoms with van der Waals surface area (Å²) >= 11 is 0. The van der Waals surface area contributed by atoms with Crippen LogP contribution in [-0.4, -0.2) is 57.0 Å². The van der Waals surface area contributed by atoms with Crippen molar-refractivity contribution in [2.75, 3.05) is 20.1 Å².